The van der Waals surface area contributed by atoms with Crippen molar-refractivity contribution in [3.63, 3.8) is 0 Å². The van der Waals surface area contributed by atoms with Crippen LogP contribution >= 0.6 is 15.9 Å². The Hall–Kier alpha value is -0.870. The van der Waals surface area contributed by atoms with Gasteiger partial charge in [-0.3, -0.25) is 0 Å². The van der Waals surface area contributed by atoms with Crippen molar-refractivity contribution in [3.05, 3.63) is 28.5 Å². The average molecular weight is 268 g/mol. The van der Waals surface area contributed by atoms with Gasteiger partial charge in [-0.2, -0.15) is 0 Å². The molecule has 1 aromatic heterocycles. The molecule has 0 aliphatic heterocycles. The second-order valence-electron chi connectivity index (χ2n) is 3.44. The molecule has 3 nitrogen and oxygen atoms in total. The second kappa shape index (κ2) is 4.33. The SMILES string of the molecule is CCn1c(CCN)nc2ccc(Br)cc21. The number of fused-ring (bicyclic) bond motifs is 1. The summed E-state index contributed by atoms with van der Waals surface area (Å²) in [5.41, 5.74) is 7.79. The Morgan fingerprint density at radius 2 is 2.27 bits per heavy atom. The summed E-state index contributed by atoms with van der Waals surface area (Å²) in [4.78, 5) is 4.58. The minimum Gasteiger partial charge on any atom is -0.330 e. The lowest BCUT2D eigenvalue weighted by Gasteiger charge is -2.04. The van der Waals surface area contributed by atoms with Gasteiger partial charge in [0.2, 0.25) is 0 Å². The number of nitrogens with two attached hydrogens (primary N) is 1. The first-order chi connectivity index (χ1) is 7.26. The monoisotopic (exact) mass is 267 g/mol. The third-order valence-corrected chi connectivity index (χ3v) is 2.97. The van der Waals surface area contributed by atoms with Gasteiger partial charge in [0.15, 0.2) is 0 Å². The zero-order chi connectivity index (χ0) is 10.8. The molecule has 15 heavy (non-hydrogen) atoms. The summed E-state index contributed by atoms with van der Waals surface area (Å²) in [6.45, 7) is 3.70. The van der Waals surface area contributed by atoms with E-state index in [1.165, 1.54) is 5.52 Å². The van der Waals surface area contributed by atoms with Gasteiger partial charge in [0.05, 0.1) is 11.0 Å². The van der Waals surface area contributed by atoms with Gasteiger partial charge in [-0.05, 0) is 31.7 Å². The number of hydrogen-bond acceptors (Lipinski definition) is 2. The first kappa shape index (κ1) is 10.6. The third-order valence-electron chi connectivity index (χ3n) is 2.47. The molecule has 0 saturated heterocycles. The van der Waals surface area contributed by atoms with Crippen LogP contribution in [0.4, 0.5) is 0 Å². The van der Waals surface area contributed by atoms with Gasteiger partial charge >= 0.3 is 0 Å². The summed E-state index contributed by atoms with van der Waals surface area (Å²) >= 11 is 3.48. The van der Waals surface area contributed by atoms with E-state index in [1.54, 1.807) is 0 Å². The van der Waals surface area contributed by atoms with Gasteiger partial charge in [-0.1, -0.05) is 15.9 Å². The summed E-state index contributed by atoms with van der Waals surface area (Å²) in [5, 5.41) is 0. The summed E-state index contributed by atoms with van der Waals surface area (Å²) in [6, 6.07) is 6.15. The Bertz CT molecular complexity index is 476. The Morgan fingerprint density at radius 3 is 2.93 bits per heavy atom. The molecule has 1 aromatic carbocycles. The Morgan fingerprint density at radius 1 is 1.47 bits per heavy atom. The van der Waals surface area contributed by atoms with E-state index in [4.69, 9.17) is 5.73 Å². The topological polar surface area (TPSA) is 43.8 Å². The normalized spacial score (nSPS) is 11.1. The minimum absolute atomic E-state index is 0.643. The van der Waals surface area contributed by atoms with E-state index in [0.29, 0.717) is 6.54 Å². The van der Waals surface area contributed by atoms with Crippen molar-refractivity contribution < 1.29 is 0 Å². The number of imidazole rings is 1. The Kier molecular flexibility index (Phi) is 3.07. The number of benzene rings is 1. The number of nitrogens with zero attached hydrogens (tertiary/aromatic N) is 2. The summed E-state index contributed by atoms with van der Waals surface area (Å²) < 4.78 is 3.30. The lowest BCUT2D eigenvalue weighted by Crippen LogP contribution is -2.09. The van der Waals surface area contributed by atoms with Gasteiger partial charge in [-0.25, -0.2) is 4.98 Å². The predicted octanol–water partition coefficient (Wildman–Crippen LogP) is 2.32. The lowest BCUT2D eigenvalue weighted by molar-refractivity contribution is 0.711. The molecule has 2 aromatic rings. The van der Waals surface area contributed by atoms with Crippen molar-refractivity contribution in [2.75, 3.05) is 6.54 Å². The number of rotatable bonds is 3. The molecule has 1 heterocycles. The van der Waals surface area contributed by atoms with Crippen molar-refractivity contribution in [3.8, 4) is 0 Å². The molecular formula is C11H14BrN3. The lowest BCUT2D eigenvalue weighted by atomic mass is 10.3. The average Bonchev–Trinajstić information content (AvgIpc) is 2.55. The van der Waals surface area contributed by atoms with E-state index in [9.17, 15) is 0 Å². The van der Waals surface area contributed by atoms with Crippen molar-refractivity contribution in [2.45, 2.75) is 19.9 Å². The van der Waals surface area contributed by atoms with Gasteiger partial charge in [0.1, 0.15) is 5.82 Å². The zero-order valence-corrected chi connectivity index (χ0v) is 10.3. The molecule has 0 bridgehead atoms. The first-order valence-electron chi connectivity index (χ1n) is 5.11. The first-order valence-corrected chi connectivity index (χ1v) is 5.90. The van der Waals surface area contributed by atoms with Crippen LogP contribution in [-0.2, 0) is 13.0 Å². The molecule has 0 atom stereocenters. The van der Waals surface area contributed by atoms with Gasteiger partial charge in [0.25, 0.3) is 0 Å². The molecule has 0 aliphatic rings. The molecule has 80 valence electrons. The molecule has 2 N–H and O–H groups in total. The van der Waals surface area contributed by atoms with E-state index in [-0.39, 0.29) is 0 Å². The number of halogens is 1. The summed E-state index contributed by atoms with van der Waals surface area (Å²) in [5.74, 6) is 1.08. The van der Waals surface area contributed by atoms with Gasteiger partial charge in [-0.15, -0.1) is 0 Å². The molecule has 4 heteroatoms. The van der Waals surface area contributed by atoms with Crippen molar-refractivity contribution in [1.82, 2.24) is 9.55 Å². The Balaban J connectivity index is 2.63. The molecule has 0 unspecified atom stereocenters. The number of aryl methyl sites for hydroxylation is 1. The van der Waals surface area contributed by atoms with E-state index in [2.05, 4.69) is 38.5 Å². The maximum atomic E-state index is 5.57. The highest BCUT2D eigenvalue weighted by molar-refractivity contribution is 9.10. The zero-order valence-electron chi connectivity index (χ0n) is 8.70. The second-order valence-corrected chi connectivity index (χ2v) is 4.36. The highest BCUT2D eigenvalue weighted by Gasteiger charge is 2.08. The summed E-state index contributed by atoms with van der Waals surface area (Å²) in [7, 11) is 0. The molecule has 0 aliphatic carbocycles. The van der Waals surface area contributed by atoms with E-state index < -0.39 is 0 Å². The Labute approximate surface area is 97.4 Å². The molecule has 0 fully saturated rings. The number of hydrogen-bond donors (Lipinski definition) is 1. The van der Waals surface area contributed by atoms with Crippen LogP contribution in [0.2, 0.25) is 0 Å². The van der Waals surface area contributed by atoms with Gasteiger partial charge in [0, 0.05) is 17.4 Å². The van der Waals surface area contributed by atoms with Crippen molar-refractivity contribution >= 4 is 27.0 Å². The summed E-state index contributed by atoms with van der Waals surface area (Å²) in [6.07, 6.45) is 0.833. The van der Waals surface area contributed by atoms with Crippen LogP contribution in [-0.4, -0.2) is 16.1 Å². The largest absolute Gasteiger partial charge is 0.330 e. The quantitative estimate of drug-likeness (QED) is 0.928. The predicted molar refractivity (Wildman–Crippen MR) is 65.9 cm³/mol. The molecule has 0 amide bonds. The molecule has 0 saturated carbocycles. The van der Waals surface area contributed by atoms with Crippen LogP contribution in [0.15, 0.2) is 22.7 Å². The van der Waals surface area contributed by atoms with E-state index in [1.807, 2.05) is 12.1 Å². The maximum absolute atomic E-state index is 5.57. The van der Waals surface area contributed by atoms with E-state index >= 15 is 0 Å². The fourth-order valence-corrected chi connectivity index (χ4v) is 2.17. The number of aromatic nitrogens is 2. The van der Waals surface area contributed by atoms with Crippen LogP contribution in [0.25, 0.3) is 11.0 Å². The van der Waals surface area contributed by atoms with Crippen molar-refractivity contribution in [2.24, 2.45) is 5.73 Å². The van der Waals surface area contributed by atoms with Crippen LogP contribution in [0.3, 0.4) is 0 Å². The third kappa shape index (κ3) is 1.92. The standard InChI is InChI=1S/C11H14BrN3/c1-2-15-10-7-8(12)3-4-9(10)14-11(15)5-6-13/h3-4,7H,2,5-6,13H2,1H3. The molecular weight excluding hydrogens is 254 g/mol. The van der Waals surface area contributed by atoms with Crippen LogP contribution < -0.4 is 5.73 Å². The molecule has 0 radical (unpaired) electrons. The van der Waals surface area contributed by atoms with Crippen LogP contribution in [0.5, 0.6) is 0 Å². The smallest absolute Gasteiger partial charge is 0.111 e. The van der Waals surface area contributed by atoms with Crippen LogP contribution in [0, 0.1) is 0 Å². The molecule has 0 spiro atoms. The maximum Gasteiger partial charge on any atom is 0.111 e. The fourth-order valence-electron chi connectivity index (χ4n) is 1.82. The van der Waals surface area contributed by atoms with Crippen LogP contribution in [0.1, 0.15) is 12.7 Å². The van der Waals surface area contributed by atoms with Crippen molar-refractivity contribution in [1.29, 1.82) is 0 Å². The highest BCUT2D eigenvalue weighted by atomic mass is 79.9. The fraction of sp³-hybridized carbons (Fsp3) is 0.364. The molecule has 2 rings (SSSR count). The van der Waals surface area contributed by atoms with E-state index in [0.717, 1.165) is 28.8 Å². The van der Waals surface area contributed by atoms with Gasteiger partial charge < -0.3 is 10.3 Å². The highest BCUT2D eigenvalue weighted by Crippen LogP contribution is 2.21. The minimum atomic E-state index is 0.643.